The average Bonchev–Trinajstić information content (AvgIpc) is 2.11. The van der Waals surface area contributed by atoms with Crippen molar-refractivity contribution >= 4 is 17.8 Å². The van der Waals surface area contributed by atoms with Gasteiger partial charge in [0.15, 0.2) is 5.60 Å². The summed E-state index contributed by atoms with van der Waals surface area (Å²) >= 11 is 0. The first-order chi connectivity index (χ1) is 7.25. The molecule has 5 N–H and O–H groups in total. The standard InChI is InChI=1S/C9H15NO6/c1-2-3-5(7(10)13)9(16,8(14)15)4-6(11)12/h5,16H,2-4H2,1H3,(H2,10,13)(H,11,12)(H,14,15). The normalized spacial score (nSPS) is 16.1. The average molecular weight is 233 g/mol. The van der Waals surface area contributed by atoms with Crippen LogP contribution in [0.5, 0.6) is 0 Å². The van der Waals surface area contributed by atoms with Crippen LogP contribution in [-0.2, 0) is 14.4 Å². The number of carbonyl (C=O) groups excluding carboxylic acids is 1. The Kier molecular flexibility index (Phi) is 4.90. The molecule has 2 atom stereocenters. The van der Waals surface area contributed by atoms with Gasteiger partial charge in [0.1, 0.15) is 0 Å². The van der Waals surface area contributed by atoms with Crippen molar-refractivity contribution < 1.29 is 29.7 Å². The van der Waals surface area contributed by atoms with E-state index < -0.39 is 35.8 Å². The maximum absolute atomic E-state index is 11.0. The van der Waals surface area contributed by atoms with Crippen LogP contribution < -0.4 is 5.73 Å². The number of nitrogens with two attached hydrogens (primary N) is 1. The summed E-state index contributed by atoms with van der Waals surface area (Å²) in [6, 6.07) is 0. The molecule has 0 saturated carbocycles. The number of aliphatic carboxylic acids is 2. The monoisotopic (exact) mass is 233 g/mol. The van der Waals surface area contributed by atoms with Gasteiger partial charge in [-0.2, -0.15) is 0 Å². The molecule has 0 fully saturated rings. The number of hydrogen-bond acceptors (Lipinski definition) is 4. The second-order valence-corrected chi connectivity index (χ2v) is 3.54. The number of rotatable bonds is 7. The van der Waals surface area contributed by atoms with Crippen molar-refractivity contribution in [3.63, 3.8) is 0 Å². The number of hydrogen-bond donors (Lipinski definition) is 4. The first-order valence-electron chi connectivity index (χ1n) is 4.72. The predicted octanol–water partition coefficient (Wildman–Crippen LogP) is -0.822. The zero-order chi connectivity index (χ0) is 12.9. The molecule has 0 aliphatic heterocycles. The molecule has 0 radical (unpaired) electrons. The smallest absolute Gasteiger partial charge is 0.337 e. The summed E-state index contributed by atoms with van der Waals surface area (Å²) in [5, 5.41) is 27.1. The van der Waals surface area contributed by atoms with Crippen LogP contribution in [0.4, 0.5) is 0 Å². The third kappa shape index (κ3) is 3.20. The number of carboxylic acid groups (broad SMARTS) is 2. The largest absolute Gasteiger partial charge is 0.481 e. The lowest BCUT2D eigenvalue weighted by Crippen LogP contribution is -2.52. The summed E-state index contributed by atoms with van der Waals surface area (Å²) < 4.78 is 0. The lowest BCUT2D eigenvalue weighted by molar-refractivity contribution is -0.174. The number of primary amides is 1. The van der Waals surface area contributed by atoms with Crippen LogP contribution in [0, 0.1) is 5.92 Å². The Hall–Kier alpha value is -1.63. The third-order valence-corrected chi connectivity index (χ3v) is 2.29. The molecule has 7 nitrogen and oxygen atoms in total. The van der Waals surface area contributed by atoms with Crippen molar-refractivity contribution in [2.45, 2.75) is 31.8 Å². The maximum atomic E-state index is 11.0. The summed E-state index contributed by atoms with van der Waals surface area (Å²) in [5.41, 5.74) is 2.32. The molecule has 92 valence electrons. The minimum absolute atomic E-state index is 0.0193. The molecule has 0 bridgehead atoms. The summed E-state index contributed by atoms with van der Waals surface area (Å²) in [5.74, 6) is -5.70. The van der Waals surface area contributed by atoms with Gasteiger partial charge in [-0.05, 0) is 6.42 Å². The van der Waals surface area contributed by atoms with Crippen molar-refractivity contribution in [2.75, 3.05) is 0 Å². The van der Waals surface area contributed by atoms with Gasteiger partial charge in [0, 0.05) is 0 Å². The van der Waals surface area contributed by atoms with Crippen LogP contribution in [0.15, 0.2) is 0 Å². The van der Waals surface area contributed by atoms with Gasteiger partial charge >= 0.3 is 11.9 Å². The molecule has 0 saturated heterocycles. The number of carboxylic acids is 2. The molecule has 0 aliphatic rings. The van der Waals surface area contributed by atoms with E-state index in [4.69, 9.17) is 15.9 Å². The van der Waals surface area contributed by atoms with E-state index in [2.05, 4.69) is 0 Å². The summed E-state index contributed by atoms with van der Waals surface area (Å²) in [6.45, 7) is 1.67. The fraction of sp³-hybridized carbons (Fsp3) is 0.667. The van der Waals surface area contributed by atoms with Gasteiger partial charge in [0.05, 0.1) is 12.3 Å². The van der Waals surface area contributed by atoms with E-state index in [9.17, 15) is 19.5 Å². The molecule has 0 aromatic heterocycles. The van der Waals surface area contributed by atoms with Gasteiger partial charge in [-0.1, -0.05) is 13.3 Å². The fourth-order valence-corrected chi connectivity index (χ4v) is 1.48. The number of carbonyl (C=O) groups is 3. The molecule has 0 aromatic rings. The van der Waals surface area contributed by atoms with Gasteiger partial charge in [-0.15, -0.1) is 0 Å². The molecule has 0 heterocycles. The molecule has 0 aromatic carbocycles. The fourth-order valence-electron chi connectivity index (χ4n) is 1.48. The minimum Gasteiger partial charge on any atom is -0.481 e. The highest BCUT2D eigenvalue weighted by Gasteiger charge is 2.48. The lowest BCUT2D eigenvalue weighted by Gasteiger charge is -2.28. The molecule has 0 aliphatic carbocycles. The molecule has 0 rings (SSSR count). The molecular formula is C9H15NO6. The van der Waals surface area contributed by atoms with Crippen molar-refractivity contribution in [2.24, 2.45) is 11.7 Å². The van der Waals surface area contributed by atoms with Crippen LogP contribution in [0.2, 0.25) is 0 Å². The summed E-state index contributed by atoms with van der Waals surface area (Å²) in [4.78, 5) is 32.4. The number of amides is 1. The zero-order valence-corrected chi connectivity index (χ0v) is 8.84. The number of aliphatic hydroxyl groups is 1. The Labute approximate surface area is 91.9 Å². The SMILES string of the molecule is CCCC(C(N)=O)C(O)(CC(=O)O)C(=O)O. The van der Waals surface area contributed by atoms with Crippen molar-refractivity contribution in [3.8, 4) is 0 Å². The van der Waals surface area contributed by atoms with Crippen molar-refractivity contribution in [1.82, 2.24) is 0 Å². The van der Waals surface area contributed by atoms with E-state index in [1.54, 1.807) is 6.92 Å². The van der Waals surface area contributed by atoms with E-state index in [-0.39, 0.29) is 6.42 Å². The predicted molar refractivity (Wildman–Crippen MR) is 52.4 cm³/mol. The van der Waals surface area contributed by atoms with Crippen LogP contribution in [-0.4, -0.2) is 38.8 Å². The molecule has 1 amide bonds. The Morgan fingerprint density at radius 1 is 1.31 bits per heavy atom. The second-order valence-electron chi connectivity index (χ2n) is 3.54. The lowest BCUT2D eigenvalue weighted by atomic mass is 9.81. The summed E-state index contributed by atoms with van der Waals surface area (Å²) in [6.07, 6.45) is -0.635. The maximum Gasteiger partial charge on any atom is 0.337 e. The third-order valence-electron chi connectivity index (χ3n) is 2.29. The Morgan fingerprint density at radius 2 is 1.81 bits per heavy atom. The molecular weight excluding hydrogens is 218 g/mol. The van der Waals surface area contributed by atoms with Gasteiger partial charge in [0.25, 0.3) is 0 Å². The quantitative estimate of drug-likeness (QED) is 0.453. The Balaban J connectivity index is 5.19. The van der Waals surface area contributed by atoms with Crippen LogP contribution in [0.25, 0.3) is 0 Å². The van der Waals surface area contributed by atoms with Crippen molar-refractivity contribution in [3.05, 3.63) is 0 Å². The van der Waals surface area contributed by atoms with Crippen molar-refractivity contribution in [1.29, 1.82) is 0 Å². The van der Waals surface area contributed by atoms with E-state index in [0.29, 0.717) is 6.42 Å². The van der Waals surface area contributed by atoms with E-state index >= 15 is 0 Å². The zero-order valence-electron chi connectivity index (χ0n) is 8.84. The minimum atomic E-state index is -2.65. The highest BCUT2D eigenvalue weighted by Crippen LogP contribution is 2.26. The van der Waals surface area contributed by atoms with Gasteiger partial charge < -0.3 is 21.1 Å². The first kappa shape index (κ1) is 14.4. The van der Waals surface area contributed by atoms with Crippen LogP contribution >= 0.6 is 0 Å². The molecule has 2 unspecified atom stereocenters. The van der Waals surface area contributed by atoms with E-state index in [1.165, 1.54) is 0 Å². The highest BCUT2D eigenvalue weighted by molar-refractivity contribution is 5.91. The van der Waals surface area contributed by atoms with E-state index in [1.807, 2.05) is 0 Å². The first-order valence-corrected chi connectivity index (χ1v) is 4.72. The van der Waals surface area contributed by atoms with Crippen LogP contribution in [0.1, 0.15) is 26.2 Å². The molecule has 0 spiro atoms. The Bertz CT molecular complexity index is 302. The Morgan fingerprint density at radius 3 is 2.06 bits per heavy atom. The van der Waals surface area contributed by atoms with Gasteiger partial charge in [-0.3, -0.25) is 9.59 Å². The molecule has 16 heavy (non-hydrogen) atoms. The summed E-state index contributed by atoms with van der Waals surface area (Å²) in [7, 11) is 0. The second kappa shape index (κ2) is 5.45. The van der Waals surface area contributed by atoms with Crippen LogP contribution in [0.3, 0.4) is 0 Å². The van der Waals surface area contributed by atoms with Gasteiger partial charge in [0.2, 0.25) is 5.91 Å². The highest BCUT2D eigenvalue weighted by atomic mass is 16.4. The topological polar surface area (TPSA) is 138 Å². The molecule has 7 heteroatoms. The van der Waals surface area contributed by atoms with E-state index in [0.717, 1.165) is 0 Å². The van der Waals surface area contributed by atoms with Gasteiger partial charge in [-0.25, -0.2) is 4.79 Å².